The molecule has 6 nitrogen and oxygen atoms in total. The molecule has 2 aromatic rings. The molecule has 3 heterocycles. The van der Waals surface area contributed by atoms with E-state index in [0.29, 0.717) is 5.69 Å². The van der Waals surface area contributed by atoms with Gasteiger partial charge in [0, 0.05) is 37.9 Å². The van der Waals surface area contributed by atoms with Crippen LogP contribution < -0.4 is 0 Å². The van der Waals surface area contributed by atoms with E-state index in [1.165, 1.54) is 0 Å². The molecule has 0 aliphatic carbocycles. The lowest BCUT2D eigenvalue weighted by Crippen LogP contribution is -2.48. The summed E-state index contributed by atoms with van der Waals surface area (Å²) in [5, 5.41) is 4.30. The van der Waals surface area contributed by atoms with Crippen LogP contribution >= 0.6 is 0 Å². The Morgan fingerprint density at radius 1 is 1.27 bits per heavy atom. The number of nitrogens with zero attached hydrogens (tertiary/aromatic N) is 5. The van der Waals surface area contributed by atoms with Gasteiger partial charge < -0.3 is 9.80 Å². The minimum Gasteiger partial charge on any atom is -0.335 e. The zero-order chi connectivity index (χ0) is 15.7. The van der Waals surface area contributed by atoms with Gasteiger partial charge in [-0.1, -0.05) is 20.8 Å². The fourth-order valence-corrected chi connectivity index (χ4v) is 2.89. The molecule has 0 saturated carbocycles. The van der Waals surface area contributed by atoms with Gasteiger partial charge >= 0.3 is 0 Å². The number of amides is 1. The highest BCUT2D eigenvalue weighted by molar-refractivity contribution is 5.93. The zero-order valence-corrected chi connectivity index (χ0v) is 13.5. The van der Waals surface area contributed by atoms with Crippen molar-refractivity contribution in [2.45, 2.75) is 26.7 Å². The SMILES string of the molecule is CCN1CCN(C(=O)c2cc(C(C)C)n3nccc3n2)CC1. The Bertz CT molecular complexity index is 670. The predicted molar refractivity (Wildman–Crippen MR) is 85.1 cm³/mol. The Labute approximate surface area is 130 Å². The van der Waals surface area contributed by atoms with Crippen LogP contribution in [0.5, 0.6) is 0 Å². The average molecular weight is 301 g/mol. The molecule has 3 rings (SSSR count). The van der Waals surface area contributed by atoms with Gasteiger partial charge in [0.2, 0.25) is 0 Å². The molecule has 0 atom stereocenters. The molecule has 1 fully saturated rings. The Balaban J connectivity index is 1.88. The highest BCUT2D eigenvalue weighted by atomic mass is 16.2. The maximum Gasteiger partial charge on any atom is 0.272 e. The van der Waals surface area contributed by atoms with Gasteiger partial charge in [0.05, 0.1) is 6.20 Å². The summed E-state index contributed by atoms with van der Waals surface area (Å²) in [6.07, 6.45) is 1.72. The van der Waals surface area contributed by atoms with Gasteiger partial charge in [-0.3, -0.25) is 4.79 Å². The number of fused-ring (bicyclic) bond motifs is 1. The molecule has 1 aliphatic rings. The number of carbonyl (C=O) groups excluding carboxylic acids is 1. The lowest BCUT2D eigenvalue weighted by Gasteiger charge is -2.33. The first kappa shape index (κ1) is 15.0. The van der Waals surface area contributed by atoms with Crippen LogP contribution in [0.3, 0.4) is 0 Å². The standard InChI is InChI=1S/C16H23N5O/c1-4-19-7-9-20(10-8-19)16(22)13-11-14(12(2)3)21-15(18-13)5-6-17-21/h5-6,11-12H,4,7-10H2,1-3H3. The van der Waals surface area contributed by atoms with E-state index >= 15 is 0 Å². The summed E-state index contributed by atoms with van der Waals surface area (Å²) < 4.78 is 1.82. The Kier molecular flexibility index (Phi) is 4.11. The van der Waals surface area contributed by atoms with Crippen molar-refractivity contribution in [2.75, 3.05) is 32.7 Å². The fourth-order valence-electron chi connectivity index (χ4n) is 2.89. The number of piperazine rings is 1. The minimum absolute atomic E-state index is 0.0290. The maximum absolute atomic E-state index is 12.8. The van der Waals surface area contributed by atoms with Gasteiger partial charge in [-0.05, 0) is 18.5 Å². The van der Waals surface area contributed by atoms with Gasteiger partial charge in [-0.15, -0.1) is 0 Å². The second-order valence-electron chi connectivity index (χ2n) is 6.05. The van der Waals surface area contributed by atoms with Crippen LogP contribution in [0.2, 0.25) is 0 Å². The molecule has 0 aromatic carbocycles. The molecule has 2 aromatic heterocycles. The number of aromatic nitrogens is 3. The van der Waals surface area contributed by atoms with E-state index in [-0.39, 0.29) is 11.8 Å². The molecule has 0 N–H and O–H groups in total. The lowest BCUT2D eigenvalue weighted by molar-refractivity contribution is 0.0637. The number of carbonyl (C=O) groups is 1. The third-order valence-corrected chi connectivity index (χ3v) is 4.30. The molecule has 22 heavy (non-hydrogen) atoms. The number of hydrogen-bond donors (Lipinski definition) is 0. The zero-order valence-electron chi connectivity index (χ0n) is 13.5. The molecule has 118 valence electrons. The molecular weight excluding hydrogens is 278 g/mol. The Hall–Kier alpha value is -1.95. The summed E-state index contributed by atoms with van der Waals surface area (Å²) in [6.45, 7) is 10.8. The van der Waals surface area contributed by atoms with Crippen molar-refractivity contribution in [2.24, 2.45) is 0 Å². The van der Waals surface area contributed by atoms with Crippen molar-refractivity contribution in [3.05, 3.63) is 29.7 Å². The number of rotatable bonds is 3. The van der Waals surface area contributed by atoms with Crippen LogP contribution in [0.15, 0.2) is 18.3 Å². The predicted octanol–water partition coefficient (Wildman–Crippen LogP) is 1.63. The van der Waals surface area contributed by atoms with Crippen LogP contribution in [0.25, 0.3) is 5.65 Å². The summed E-state index contributed by atoms with van der Waals surface area (Å²) in [5.74, 6) is 0.315. The lowest BCUT2D eigenvalue weighted by atomic mass is 10.1. The third kappa shape index (κ3) is 2.70. The van der Waals surface area contributed by atoms with E-state index in [2.05, 4.69) is 35.8 Å². The topological polar surface area (TPSA) is 53.7 Å². The van der Waals surface area contributed by atoms with Crippen molar-refractivity contribution in [1.29, 1.82) is 0 Å². The van der Waals surface area contributed by atoms with Crippen molar-refractivity contribution >= 4 is 11.6 Å². The Morgan fingerprint density at radius 2 is 2.00 bits per heavy atom. The average Bonchev–Trinajstić information content (AvgIpc) is 3.01. The summed E-state index contributed by atoms with van der Waals surface area (Å²) in [7, 11) is 0. The minimum atomic E-state index is 0.0290. The number of hydrogen-bond acceptors (Lipinski definition) is 4. The first-order chi connectivity index (χ1) is 10.6. The smallest absolute Gasteiger partial charge is 0.272 e. The quantitative estimate of drug-likeness (QED) is 0.864. The summed E-state index contributed by atoms with van der Waals surface area (Å²) in [6, 6.07) is 3.73. The van der Waals surface area contributed by atoms with Crippen LogP contribution in [0.4, 0.5) is 0 Å². The first-order valence-corrected chi connectivity index (χ1v) is 7.96. The first-order valence-electron chi connectivity index (χ1n) is 7.96. The van der Waals surface area contributed by atoms with Gasteiger partial charge in [-0.25, -0.2) is 9.50 Å². The van der Waals surface area contributed by atoms with Crippen molar-refractivity contribution in [3.63, 3.8) is 0 Å². The van der Waals surface area contributed by atoms with E-state index < -0.39 is 0 Å². The second-order valence-corrected chi connectivity index (χ2v) is 6.05. The molecular formula is C16H23N5O. The largest absolute Gasteiger partial charge is 0.335 e. The molecule has 1 aliphatic heterocycles. The maximum atomic E-state index is 12.8. The summed E-state index contributed by atoms with van der Waals surface area (Å²) in [4.78, 5) is 21.5. The monoisotopic (exact) mass is 301 g/mol. The number of likely N-dealkylation sites (N-methyl/N-ethyl adjacent to an activating group) is 1. The molecule has 0 spiro atoms. The molecule has 1 amide bonds. The van der Waals surface area contributed by atoms with E-state index in [9.17, 15) is 4.79 Å². The van der Waals surface area contributed by atoms with E-state index in [0.717, 1.165) is 44.1 Å². The molecule has 6 heteroatoms. The fraction of sp³-hybridized carbons (Fsp3) is 0.562. The molecule has 0 bridgehead atoms. The van der Waals surface area contributed by atoms with Crippen LogP contribution in [0.1, 0.15) is 42.9 Å². The normalized spacial score (nSPS) is 16.6. The van der Waals surface area contributed by atoms with Crippen molar-refractivity contribution < 1.29 is 4.79 Å². The highest BCUT2D eigenvalue weighted by Gasteiger charge is 2.23. The second kappa shape index (κ2) is 6.04. The van der Waals surface area contributed by atoms with Gasteiger partial charge in [0.1, 0.15) is 5.69 Å². The van der Waals surface area contributed by atoms with E-state index in [1.54, 1.807) is 6.20 Å². The Morgan fingerprint density at radius 3 is 2.64 bits per heavy atom. The van der Waals surface area contributed by atoms with Gasteiger partial charge in [-0.2, -0.15) is 5.10 Å². The van der Waals surface area contributed by atoms with E-state index in [4.69, 9.17) is 0 Å². The van der Waals surface area contributed by atoms with Crippen molar-refractivity contribution in [1.82, 2.24) is 24.4 Å². The summed E-state index contributed by atoms with van der Waals surface area (Å²) in [5.41, 5.74) is 2.29. The molecule has 1 saturated heterocycles. The van der Waals surface area contributed by atoms with Crippen LogP contribution in [-0.2, 0) is 0 Å². The van der Waals surface area contributed by atoms with Crippen LogP contribution in [-0.4, -0.2) is 63.0 Å². The highest BCUT2D eigenvalue weighted by Crippen LogP contribution is 2.18. The van der Waals surface area contributed by atoms with Gasteiger partial charge in [0.15, 0.2) is 5.65 Å². The van der Waals surface area contributed by atoms with Gasteiger partial charge in [0.25, 0.3) is 5.91 Å². The van der Waals surface area contributed by atoms with Crippen LogP contribution in [0, 0.1) is 0 Å². The summed E-state index contributed by atoms with van der Waals surface area (Å²) >= 11 is 0. The molecule has 0 unspecified atom stereocenters. The van der Waals surface area contributed by atoms with Crippen molar-refractivity contribution in [3.8, 4) is 0 Å². The van der Waals surface area contributed by atoms with E-state index in [1.807, 2.05) is 21.5 Å². The molecule has 0 radical (unpaired) electrons. The third-order valence-electron chi connectivity index (χ3n) is 4.30.